The van der Waals surface area contributed by atoms with Gasteiger partial charge >= 0.3 is 0 Å². The summed E-state index contributed by atoms with van der Waals surface area (Å²) in [4.78, 5) is 0. The molecular weight excluding hydrogens is 737 g/mol. The Morgan fingerprint density at radius 1 is 0.672 bits per heavy atom. The van der Waals surface area contributed by atoms with Crippen LogP contribution < -0.4 is 11.1 Å². The Morgan fingerprint density at radius 2 is 1.16 bits per heavy atom. The molecule has 8 heteroatoms. The van der Waals surface area contributed by atoms with E-state index in [9.17, 15) is 22.7 Å². The molecule has 4 N–H and O–H groups in total. The Morgan fingerprint density at radius 3 is 1.67 bits per heavy atom. The van der Waals surface area contributed by atoms with Crippen LogP contribution in [0.2, 0.25) is 0 Å². The van der Waals surface area contributed by atoms with E-state index in [-0.39, 0.29) is 17.5 Å². The first-order chi connectivity index (χ1) is 27.4. The molecule has 1 fully saturated rings. The van der Waals surface area contributed by atoms with E-state index in [0.717, 1.165) is 63.7 Å². The van der Waals surface area contributed by atoms with Gasteiger partial charge in [-0.25, -0.2) is 17.6 Å². The predicted octanol–water partition coefficient (Wildman–Crippen LogP) is 11.4. The summed E-state index contributed by atoms with van der Waals surface area (Å²) in [6, 6.07) is 21.4. The van der Waals surface area contributed by atoms with Crippen molar-refractivity contribution in [2.75, 3.05) is 13.2 Å². The van der Waals surface area contributed by atoms with Crippen LogP contribution in [-0.2, 0) is 43.3 Å². The van der Waals surface area contributed by atoms with Crippen LogP contribution >= 0.6 is 0 Å². The molecule has 3 aliphatic rings. The van der Waals surface area contributed by atoms with Crippen LogP contribution in [0.25, 0.3) is 0 Å². The van der Waals surface area contributed by atoms with Crippen molar-refractivity contribution in [1.82, 2.24) is 5.32 Å². The lowest BCUT2D eigenvalue weighted by molar-refractivity contribution is 0.156. The summed E-state index contributed by atoms with van der Waals surface area (Å²) >= 11 is 0. The van der Waals surface area contributed by atoms with Gasteiger partial charge < -0.3 is 20.9 Å². The number of hydrogen-bond acceptors (Lipinski definition) is 4. The fourth-order valence-electron chi connectivity index (χ4n) is 8.18. The van der Waals surface area contributed by atoms with Crippen LogP contribution in [0, 0.1) is 34.1 Å². The maximum Gasteiger partial charge on any atom is 0.126 e. The highest BCUT2D eigenvalue weighted by atomic mass is 19.1. The number of halogens is 4. The number of nitrogens with two attached hydrogens (primary N) is 1. The second-order valence-electron chi connectivity index (χ2n) is 19.1. The molecule has 0 aromatic heterocycles. The normalized spacial score (nSPS) is 19.1. The predicted molar refractivity (Wildman–Crippen MR) is 228 cm³/mol. The number of epoxide rings is 1. The Bertz CT molecular complexity index is 1890. The average molecular weight is 803 g/mol. The van der Waals surface area contributed by atoms with Crippen molar-refractivity contribution in [2.45, 2.75) is 143 Å². The van der Waals surface area contributed by atoms with E-state index >= 15 is 0 Å². The number of ether oxygens (including phenoxy) is 1. The summed E-state index contributed by atoms with van der Waals surface area (Å²) in [5.41, 5.74) is 16.5. The summed E-state index contributed by atoms with van der Waals surface area (Å²) in [6.07, 6.45) is 11.3. The summed E-state index contributed by atoms with van der Waals surface area (Å²) < 4.78 is 57.0. The summed E-state index contributed by atoms with van der Waals surface area (Å²) in [7, 11) is 0. The van der Waals surface area contributed by atoms with Gasteiger partial charge in [0.25, 0.3) is 0 Å². The largest absolute Gasteiger partial charge is 0.392 e. The molecule has 58 heavy (non-hydrogen) atoms. The Labute approximate surface area is 345 Å². The van der Waals surface area contributed by atoms with Gasteiger partial charge in [-0.1, -0.05) is 77.9 Å². The van der Waals surface area contributed by atoms with Crippen LogP contribution in [0.5, 0.6) is 0 Å². The van der Waals surface area contributed by atoms with Crippen molar-refractivity contribution in [1.29, 1.82) is 0 Å². The lowest BCUT2D eigenvalue weighted by Gasteiger charge is -2.29. The average Bonchev–Trinajstić information content (AvgIpc) is 3.96. The lowest BCUT2D eigenvalue weighted by Crippen LogP contribution is -2.32. The first-order valence-corrected chi connectivity index (χ1v) is 21.3. The van der Waals surface area contributed by atoms with Crippen LogP contribution in [-0.4, -0.2) is 30.5 Å². The van der Waals surface area contributed by atoms with Crippen molar-refractivity contribution < 1.29 is 27.4 Å². The second kappa shape index (κ2) is 20.6. The zero-order valence-corrected chi connectivity index (χ0v) is 35.6. The van der Waals surface area contributed by atoms with Gasteiger partial charge in [-0.15, -0.1) is 0 Å². The second-order valence-corrected chi connectivity index (χ2v) is 19.1. The van der Waals surface area contributed by atoms with Crippen LogP contribution in [0.15, 0.2) is 72.8 Å². The van der Waals surface area contributed by atoms with Crippen LogP contribution in [0.3, 0.4) is 0 Å². The number of benzene rings is 4. The molecule has 7 rings (SSSR count). The molecule has 0 radical (unpaired) electrons. The molecular formula is C50H66F4N2O2. The van der Waals surface area contributed by atoms with Crippen LogP contribution in [0.1, 0.15) is 137 Å². The highest BCUT2D eigenvalue weighted by molar-refractivity contribution is 5.37. The summed E-state index contributed by atoms with van der Waals surface area (Å²) in [5.74, 6) is -2.16. The van der Waals surface area contributed by atoms with Gasteiger partial charge in [0.15, 0.2) is 0 Å². The third-order valence-electron chi connectivity index (χ3n) is 10.9. The first kappa shape index (κ1) is 45.5. The minimum absolute atomic E-state index is 0.248. The molecule has 1 aliphatic heterocycles. The first-order valence-electron chi connectivity index (χ1n) is 21.3. The van der Waals surface area contributed by atoms with E-state index in [1.54, 1.807) is 0 Å². The van der Waals surface area contributed by atoms with E-state index in [1.807, 2.05) is 0 Å². The minimum Gasteiger partial charge on any atom is -0.392 e. The number of aliphatic hydroxyl groups is 1. The van der Waals surface area contributed by atoms with E-state index < -0.39 is 29.4 Å². The lowest BCUT2D eigenvalue weighted by atomic mass is 9.82. The van der Waals surface area contributed by atoms with Crippen molar-refractivity contribution in [2.24, 2.45) is 16.6 Å². The minimum atomic E-state index is -0.572. The number of hydrogen-bond donors (Lipinski definition) is 3. The van der Waals surface area contributed by atoms with Gasteiger partial charge in [0, 0.05) is 30.8 Å². The molecule has 4 aromatic rings. The zero-order chi connectivity index (χ0) is 42.0. The standard InChI is InChI=1S/C25H33F2NO.C15H23N.C10H10F2O/c1-25(2,3)15-18-7-9-19-5-4-6-24(23(19)13-18)28-16-22(29)10-8-17-11-20(26)14-21(27)12-17;1-15(2,3)10-11-7-8-12-5-4-6-14(16)13(12)9-11;11-8-3-7(4-9(12)5-8)1-2-10-6-13-10/h7,9,11-14,22,24,28-29H,4-6,8,10,15-16H2,1-3H3;7-9,14H,4-6,10,16H2,1-3H3;3-5,10H,1-2,6H2/t22?,24-;14-;/m00./s1. The van der Waals surface area contributed by atoms with Gasteiger partial charge in [-0.2, -0.15) is 0 Å². The maximum absolute atomic E-state index is 13.3. The highest BCUT2D eigenvalue weighted by Gasteiger charge is 2.24. The van der Waals surface area contributed by atoms with Gasteiger partial charge in [0.2, 0.25) is 0 Å². The number of aryl methyl sites for hydroxylation is 4. The molecule has 4 atom stereocenters. The number of aliphatic hydroxyl groups excluding tert-OH is 1. The van der Waals surface area contributed by atoms with E-state index in [2.05, 4.69) is 83.3 Å². The molecule has 0 saturated carbocycles. The van der Waals surface area contributed by atoms with Gasteiger partial charge in [0.05, 0.1) is 18.8 Å². The molecule has 0 spiro atoms. The molecule has 2 aliphatic carbocycles. The topological polar surface area (TPSA) is 70.8 Å². The van der Waals surface area contributed by atoms with Crippen LogP contribution in [0.4, 0.5) is 17.6 Å². The van der Waals surface area contributed by atoms with E-state index in [1.165, 1.54) is 70.5 Å². The molecule has 316 valence electrons. The fourth-order valence-corrected chi connectivity index (χ4v) is 8.18. The SMILES string of the molecule is CC(C)(C)Cc1ccc2c(c1)[C@@H](N)CCC2.CC(C)(C)Cc1ccc2c(c1)[C@@H](NCC(O)CCc1cc(F)cc(F)c1)CCC2.Fc1cc(F)cc(CCC2CO2)c1. The third kappa shape index (κ3) is 15.6. The fraction of sp³-hybridized carbons (Fsp3) is 0.520. The summed E-state index contributed by atoms with van der Waals surface area (Å²) in [5, 5.41) is 13.9. The molecule has 0 bridgehead atoms. The molecule has 1 heterocycles. The maximum atomic E-state index is 13.3. The third-order valence-corrected chi connectivity index (χ3v) is 10.9. The molecule has 4 aromatic carbocycles. The quantitative estimate of drug-likeness (QED) is 0.104. The molecule has 1 saturated heterocycles. The Hall–Kier alpha value is -3.56. The van der Waals surface area contributed by atoms with Crippen molar-refractivity contribution in [3.05, 3.63) is 141 Å². The highest BCUT2D eigenvalue weighted by Crippen LogP contribution is 2.33. The van der Waals surface area contributed by atoms with Gasteiger partial charge in [0.1, 0.15) is 23.3 Å². The number of rotatable bonds is 11. The molecule has 0 amide bonds. The van der Waals surface area contributed by atoms with Crippen molar-refractivity contribution >= 4 is 0 Å². The zero-order valence-electron chi connectivity index (χ0n) is 35.6. The van der Waals surface area contributed by atoms with Gasteiger partial charge in [-0.05, 0) is 157 Å². The summed E-state index contributed by atoms with van der Waals surface area (Å²) in [6.45, 7) is 14.9. The smallest absolute Gasteiger partial charge is 0.126 e. The number of fused-ring (bicyclic) bond motifs is 2. The molecule has 4 nitrogen and oxygen atoms in total. The van der Waals surface area contributed by atoms with E-state index in [0.29, 0.717) is 48.5 Å². The molecule has 2 unspecified atom stereocenters. The van der Waals surface area contributed by atoms with Gasteiger partial charge in [-0.3, -0.25) is 0 Å². The van der Waals surface area contributed by atoms with Crippen molar-refractivity contribution in [3.8, 4) is 0 Å². The monoisotopic (exact) mass is 803 g/mol. The van der Waals surface area contributed by atoms with E-state index in [4.69, 9.17) is 10.5 Å². The Kier molecular flexibility index (Phi) is 16.2. The van der Waals surface area contributed by atoms with Crippen molar-refractivity contribution in [3.63, 3.8) is 0 Å². The Balaban J connectivity index is 0.000000184. The number of nitrogens with one attached hydrogen (secondary N) is 1.